The first-order valence-corrected chi connectivity index (χ1v) is 15.6. The number of nitrogens with one attached hydrogen (secondary N) is 1. The number of carbonyl (C=O) groups is 2. The van der Waals surface area contributed by atoms with Crippen molar-refractivity contribution in [2.24, 2.45) is 0 Å². The van der Waals surface area contributed by atoms with Crippen molar-refractivity contribution >= 4 is 23.2 Å². The van der Waals surface area contributed by atoms with Gasteiger partial charge in [0, 0.05) is 36.6 Å². The van der Waals surface area contributed by atoms with Gasteiger partial charge < -0.3 is 19.9 Å². The first-order valence-electron chi connectivity index (χ1n) is 14.8. The van der Waals surface area contributed by atoms with Crippen LogP contribution in [0.2, 0.25) is 0 Å². The lowest BCUT2D eigenvalue weighted by molar-refractivity contribution is -0.137. The lowest BCUT2D eigenvalue weighted by Gasteiger charge is -2.23. The van der Waals surface area contributed by atoms with E-state index in [1.54, 1.807) is 11.3 Å². The molecule has 218 valence electrons. The number of hydrogen-bond acceptors (Lipinski definition) is 5. The third-order valence-corrected chi connectivity index (χ3v) is 8.50. The molecular weight excluding hydrogens is 542 g/mol. The molecule has 1 aromatic heterocycles. The third-order valence-electron chi connectivity index (χ3n) is 7.57. The quantitative estimate of drug-likeness (QED) is 0.198. The number of hydrogen-bond donors (Lipinski definition) is 1. The highest BCUT2D eigenvalue weighted by atomic mass is 32.1. The van der Waals surface area contributed by atoms with Gasteiger partial charge in [-0.3, -0.25) is 9.59 Å². The van der Waals surface area contributed by atoms with Crippen LogP contribution in [0.5, 0.6) is 0 Å². The fourth-order valence-corrected chi connectivity index (χ4v) is 5.96. The number of rotatable bonds is 14. The van der Waals surface area contributed by atoms with Crippen LogP contribution in [0.1, 0.15) is 39.2 Å². The second-order valence-electron chi connectivity index (χ2n) is 10.7. The van der Waals surface area contributed by atoms with E-state index in [4.69, 9.17) is 4.74 Å². The van der Waals surface area contributed by atoms with E-state index in [0.717, 1.165) is 48.3 Å². The molecule has 3 aromatic carbocycles. The molecule has 0 aliphatic carbocycles. The minimum Gasteiger partial charge on any atom is -0.367 e. The summed E-state index contributed by atoms with van der Waals surface area (Å²) in [6.45, 7) is 5.35. The molecule has 7 heteroatoms. The summed E-state index contributed by atoms with van der Waals surface area (Å²) in [5, 5.41) is 5.14. The number of ether oxygens (including phenoxy) is 1. The first-order chi connectivity index (χ1) is 20.6. The van der Waals surface area contributed by atoms with Crippen molar-refractivity contribution in [3.05, 3.63) is 118 Å². The van der Waals surface area contributed by atoms with Gasteiger partial charge in [0.15, 0.2) is 0 Å². The Hall–Kier alpha value is -3.78. The highest BCUT2D eigenvalue weighted by Gasteiger charge is 2.16. The first kappa shape index (κ1) is 29.7. The molecule has 0 radical (unpaired) electrons. The Labute approximate surface area is 252 Å². The Balaban J connectivity index is 1.22. The zero-order valence-corrected chi connectivity index (χ0v) is 24.9. The Kier molecular flexibility index (Phi) is 10.9. The van der Waals surface area contributed by atoms with Gasteiger partial charge in [0.25, 0.3) is 5.91 Å². The number of likely N-dealkylation sites (tertiary alicyclic amines) is 1. The summed E-state index contributed by atoms with van der Waals surface area (Å²) in [5.41, 5.74) is 4.74. The van der Waals surface area contributed by atoms with Crippen LogP contribution in [0.3, 0.4) is 0 Å². The van der Waals surface area contributed by atoms with E-state index in [9.17, 15) is 9.59 Å². The van der Waals surface area contributed by atoms with Crippen LogP contribution in [0.25, 0.3) is 11.1 Å². The summed E-state index contributed by atoms with van der Waals surface area (Å²) >= 11 is 1.71. The summed E-state index contributed by atoms with van der Waals surface area (Å²) < 4.78 is 5.79. The van der Waals surface area contributed by atoms with Crippen molar-refractivity contribution in [2.45, 2.75) is 32.4 Å². The molecule has 2 heterocycles. The molecule has 5 rings (SSSR count). The predicted octanol–water partition coefficient (Wildman–Crippen LogP) is 6.03. The molecule has 4 aromatic rings. The molecule has 2 amide bonds. The normalized spacial score (nSPS) is 13.2. The van der Waals surface area contributed by atoms with Crippen LogP contribution in [0, 0.1) is 0 Å². The minimum absolute atomic E-state index is 0.0273. The molecule has 1 aliphatic rings. The molecule has 1 N–H and O–H groups in total. The van der Waals surface area contributed by atoms with Crippen molar-refractivity contribution in [3.8, 4) is 11.1 Å². The zero-order chi connectivity index (χ0) is 29.0. The largest absolute Gasteiger partial charge is 0.367 e. The standard InChI is InChI=1S/C35H39N3O3S/c39-34(27-41-26-28-9-2-1-3-10-28)38(20-16-33-15-8-22-42-33)25-29-11-6-12-30(23-29)31-13-7-14-32(24-31)35(40)36-17-21-37-18-4-5-19-37/h1-3,6-15,22-24H,4-5,16-21,25-27H2,(H,36,40). The van der Waals surface area contributed by atoms with E-state index < -0.39 is 0 Å². The Morgan fingerprint density at radius 1 is 0.857 bits per heavy atom. The number of benzene rings is 3. The molecule has 1 aliphatic heterocycles. The molecule has 0 spiro atoms. The van der Waals surface area contributed by atoms with E-state index in [1.807, 2.05) is 71.6 Å². The summed E-state index contributed by atoms with van der Waals surface area (Å²) in [7, 11) is 0. The van der Waals surface area contributed by atoms with Crippen LogP contribution in [-0.4, -0.2) is 60.9 Å². The van der Waals surface area contributed by atoms with Crippen molar-refractivity contribution in [1.29, 1.82) is 0 Å². The van der Waals surface area contributed by atoms with Gasteiger partial charge in [-0.05, 0) is 84.3 Å². The number of amides is 2. The predicted molar refractivity (Wildman–Crippen MR) is 169 cm³/mol. The third kappa shape index (κ3) is 8.86. The maximum Gasteiger partial charge on any atom is 0.251 e. The van der Waals surface area contributed by atoms with E-state index >= 15 is 0 Å². The van der Waals surface area contributed by atoms with Gasteiger partial charge in [-0.25, -0.2) is 0 Å². The minimum atomic E-state index is -0.0481. The van der Waals surface area contributed by atoms with Gasteiger partial charge in [0.1, 0.15) is 6.61 Å². The van der Waals surface area contributed by atoms with Gasteiger partial charge in [0.05, 0.1) is 6.61 Å². The van der Waals surface area contributed by atoms with Crippen molar-refractivity contribution in [2.75, 3.05) is 39.3 Å². The van der Waals surface area contributed by atoms with E-state index in [0.29, 0.717) is 31.8 Å². The Morgan fingerprint density at radius 3 is 2.40 bits per heavy atom. The van der Waals surface area contributed by atoms with E-state index in [-0.39, 0.29) is 18.4 Å². The average Bonchev–Trinajstić information content (AvgIpc) is 3.75. The van der Waals surface area contributed by atoms with Gasteiger partial charge in [-0.1, -0.05) is 66.7 Å². The topological polar surface area (TPSA) is 61.9 Å². The lowest BCUT2D eigenvalue weighted by atomic mass is 10.0. The fraction of sp³-hybridized carbons (Fsp3) is 0.314. The van der Waals surface area contributed by atoms with Crippen LogP contribution >= 0.6 is 11.3 Å². The van der Waals surface area contributed by atoms with Gasteiger partial charge in [-0.2, -0.15) is 0 Å². The Morgan fingerprint density at radius 2 is 1.62 bits per heavy atom. The highest BCUT2D eigenvalue weighted by Crippen LogP contribution is 2.23. The number of nitrogens with zero attached hydrogens (tertiary/aromatic N) is 2. The van der Waals surface area contributed by atoms with Gasteiger partial charge in [-0.15, -0.1) is 11.3 Å². The molecule has 42 heavy (non-hydrogen) atoms. The summed E-state index contributed by atoms with van der Waals surface area (Å²) in [4.78, 5) is 31.7. The van der Waals surface area contributed by atoms with Crippen LogP contribution in [0.15, 0.2) is 96.4 Å². The number of thiophene rings is 1. The molecule has 1 fully saturated rings. The van der Waals surface area contributed by atoms with Crippen LogP contribution in [-0.2, 0) is 29.1 Å². The second-order valence-corrected chi connectivity index (χ2v) is 11.7. The Bertz CT molecular complexity index is 1420. The average molecular weight is 582 g/mol. The smallest absolute Gasteiger partial charge is 0.251 e. The fourth-order valence-electron chi connectivity index (χ4n) is 5.26. The highest BCUT2D eigenvalue weighted by molar-refractivity contribution is 7.09. The van der Waals surface area contributed by atoms with E-state index in [2.05, 4.69) is 39.9 Å². The summed E-state index contributed by atoms with van der Waals surface area (Å²) in [5.74, 6) is -0.0754. The molecule has 0 unspecified atom stereocenters. The maximum absolute atomic E-state index is 13.3. The van der Waals surface area contributed by atoms with Crippen molar-refractivity contribution in [1.82, 2.24) is 15.1 Å². The second kappa shape index (κ2) is 15.4. The molecule has 1 saturated heterocycles. The van der Waals surface area contributed by atoms with E-state index in [1.165, 1.54) is 17.7 Å². The van der Waals surface area contributed by atoms with Crippen LogP contribution in [0.4, 0.5) is 0 Å². The number of carbonyl (C=O) groups excluding carboxylic acids is 2. The maximum atomic E-state index is 13.3. The van der Waals surface area contributed by atoms with Crippen molar-refractivity contribution < 1.29 is 14.3 Å². The van der Waals surface area contributed by atoms with Crippen molar-refractivity contribution in [3.63, 3.8) is 0 Å². The molecular formula is C35H39N3O3S. The molecule has 0 atom stereocenters. The van der Waals surface area contributed by atoms with Crippen LogP contribution < -0.4 is 5.32 Å². The molecule has 0 bridgehead atoms. The monoisotopic (exact) mass is 581 g/mol. The lowest BCUT2D eigenvalue weighted by Crippen LogP contribution is -2.35. The summed E-state index contributed by atoms with van der Waals surface area (Å²) in [6.07, 6.45) is 3.30. The van der Waals surface area contributed by atoms with Gasteiger partial charge >= 0.3 is 0 Å². The zero-order valence-electron chi connectivity index (χ0n) is 24.0. The summed E-state index contributed by atoms with van der Waals surface area (Å²) in [6, 6.07) is 30.0. The molecule has 0 saturated carbocycles. The van der Waals surface area contributed by atoms with Gasteiger partial charge in [0.2, 0.25) is 5.91 Å². The molecule has 6 nitrogen and oxygen atoms in total. The SMILES string of the molecule is O=C(NCCN1CCCC1)c1cccc(-c2cccc(CN(CCc3cccs3)C(=O)COCc3ccccc3)c2)c1.